The van der Waals surface area contributed by atoms with Gasteiger partial charge >= 0.3 is 12.0 Å². The zero-order chi connectivity index (χ0) is 15.5. The summed E-state index contributed by atoms with van der Waals surface area (Å²) in [7, 11) is 0. The van der Waals surface area contributed by atoms with Crippen LogP contribution in [-0.4, -0.2) is 27.6 Å². The molecule has 21 heavy (non-hydrogen) atoms. The highest BCUT2D eigenvalue weighted by molar-refractivity contribution is 7.11. The van der Waals surface area contributed by atoms with Crippen molar-refractivity contribution in [3.05, 3.63) is 16.1 Å². The molecule has 0 aromatic carbocycles. The summed E-state index contributed by atoms with van der Waals surface area (Å²) in [5.41, 5.74) is -1.12. The minimum atomic E-state index is -1.12. The molecule has 1 saturated carbocycles. The van der Waals surface area contributed by atoms with Gasteiger partial charge in [0.15, 0.2) is 0 Å². The maximum absolute atomic E-state index is 12.0. The largest absolute Gasteiger partial charge is 0.480 e. The lowest BCUT2D eigenvalue weighted by atomic mass is 9.77. The molecule has 1 aliphatic carbocycles. The molecule has 1 aromatic rings. The van der Waals surface area contributed by atoms with E-state index in [-0.39, 0.29) is 0 Å². The maximum atomic E-state index is 12.0. The fourth-order valence-corrected chi connectivity index (χ4v) is 3.30. The predicted octanol–water partition coefficient (Wildman–Crippen LogP) is 2.28. The predicted molar refractivity (Wildman–Crippen MR) is 80.2 cm³/mol. The van der Waals surface area contributed by atoms with Crippen molar-refractivity contribution in [3.63, 3.8) is 0 Å². The maximum Gasteiger partial charge on any atom is 0.329 e. The average molecular weight is 311 g/mol. The van der Waals surface area contributed by atoms with Crippen LogP contribution in [0.1, 0.15) is 42.5 Å². The number of aryl methyl sites for hydroxylation is 1. The highest BCUT2D eigenvalue weighted by atomic mass is 32.1. The first-order valence-electron chi connectivity index (χ1n) is 7.12. The number of carboxylic acids is 1. The molecule has 3 N–H and O–H groups in total. The standard InChI is InChI=1S/C14H21N3O3S/c1-9-3-5-14(6-4-9,12(18)19)17-13(20)16-8-11-7-15-10(2)21-11/h7,9H,3-6,8H2,1-2H3,(H,18,19)(H2,16,17,20). The Balaban J connectivity index is 1.91. The Kier molecular flexibility index (Phi) is 4.82. The third-order valence-corrected chi connectivity index (χ3v) is 4.90. The van der Waals surface area contributed by atoms with Gasteiger partial charge in [0, 0.05) is 11.1 Å². The highest BCUT2D eigenvalue weighted by Gasteiger charge is 2.42. The number of rotatable bonds is 4. The van der Waals surface area contributed by atoms with Gasteiger partial charge in [-0.05, 0) is 38.5 Å². The molecule has 7 heteroatoms. The van der Waals surface area contributed by atoms with Crippen LogP contribution in [0.15, 0.2) is 6.20 Å². The van der Waals surface area contributed by atoms with E-state index < -0.39 is 17.5 Å². The van der Waals surface area contributed by atoms with E-state index in [1.165, 1.54) is 11.3 Å². The zero-order valence-electron chi connectivity index (χ0n) is 12.3. The number of carboxylic acid groups (broad SMARTS) is 1. The number of amides is 2. The van der Waals surface area contributed by atoms with Gasteiger partial charge in [-0.3, -0.25) is 0 Å². The summed E-state index contributed by atoms with van der Waals surface area (Å²) in [5, 5.41) is 15.8. The third kappa shape index (κ3) is 3.93. The Bertz CT molecular complexity index is 521. The van der Waals surface area contributed by atoms with Crippen molar-refractivity contribution in [2.45, 2.75) is 51.6 Å². The lowest BCUT2D eigenvalue weighted by molar-refractivity contribution is -0.146. The molecule has 1 aliphatic rings. The number of nitrogens with one attached hydrogen (secondary N) is 2. The van der Waals surface area contributed by atoms with Crippen LogP contribution in [0.4, 0.5) is 4.79 Å². The van der Waals surface area contributed by atoms with Crippen LogP contribution in [0.3, 0.4) is 0 Å². The van der Waals surface area contributed by atoms with Crippen LogP contribution in [-0.2, 0) is 11.3 Å². The molecule has 1 fully saturated rings. The Morgan fingerprint density at radius 1 is 1.48 bits per heavy atom. The van der Waals surface area contributed by atoms with E-state index in [4.69, 9.17) is 0 Å². The molecule has 0 saturated heterocycles. The summed E-state index contributed by atoms with van der Waals surface area (Å²) < 4.78 is 0. The van der Waals surface area contributed by atoms with Crippen LogP contribution in [0.5, 0.6) is 0 Å². The number of aromatic nitrogens is 1. The summed E-state index contributed by atoms with van der Waals surface area (Å²) in [6.07, 6.45) is 4.32. The van der Waals surface area contributed by atoms with E-state index in [1.807, 2.05) is 6.92 Å². The van der Waals surface area contributed by atoms with Gasteiger partial charge in [-0.25, -0.2) is 14.6 Å². The number of hydrogen-bond acceptors (Lipinski definition) is 4. The fraction of sp³-hybridized carbons (Fsp3) is 0.643. The minimum absolute atomic E-state index is 0.365. The third-order valence-electron chi connectivity index (χ3n) is 3.98. The van der Waals surface area contributed by atoms with Crippen LogP contribution < -0.4 is 10.6 Å². The second-order valence-corrected chi connectivity index (χ2v) is 7.04. The molecule has 0 spiro atoms. The Hall–Kier alpha value is -1.63. The van der Waals surface area contributed by atoms with Gasteiger partial charge in [-0.15, -0.1) is 11.3 Å². The molecule has 1 aromatic heterocycles. The number of carbonyl (C=O) groups excluding carboxylic acids is 1. The van der Waals surface area contributed by atoms with Crippen molar-refractivity contribution in [3.8, 4) is 0 Å². The second-order valence-electron chi connectivity index (χ2n) is 5.72. The fourth-order valence-electron chi connectivity index (χ4n) is 2.56. The van der Waals surface area contributed by atoms with E-state index in [0.29, 0.717) is 25.3 Å². The van der Waals surface area contributed by atoms with E-state index in [0.717, 1.165) is 22.7 Å². The molecule has 0 aliphatic heterocycles. The Morgan fingerprint density at radius 3 is 2.67 bits per heavy atom. The summed E-state index contributed by atoms with van der Waals surface area (Å²) in [4.78, 5) is 28.6. The van der Waals surface area contributed by atoms with E-state index in [9.17, 15) is 14.7 Å². The zero-order valence-corrected chi connectivity index (χ0v) is 13.1. The number of nitrogens with zero attached hydrogens (tertiary/aromatic N) is 1. The Labute approximate surface area is 128 Å². The van der Waals surface area contributed by atoms with Crippen LogP contribution in [0.25, 0.3) is 0 Å². The second kappa shape index (κ2) is 6.43. The van der Waals surface area contributed by atoms with Gasteiger partial charge < -0.3 is 15.7 Å². The molecular weight excluding hydrogens is 290 g/mol. The first-order valence-corrected chi connectivity index (χ1v) is 7.94. The van der Waals surface area contributed by atoms with Gasteiger partial charge in [0.2, 0.25) is 0 Å². The number of aliphatic carboxylic acids is 1. The molecule has 2 amide bonds. The van der Waals surface area contributed by atoms with Gasteiger partial charge in [-0.1, -0.05) is 6.92 Å². The quantitative estimate of drug-likeness (QED) is 0.795. The number of urea groups is 1. The van der Waals surface area contributed by atoms with E-state index >= 15 is 0 Å². The molecule has 6 nitrogen and oxygen atoms in total. The Morgan fingerprint density at radius 2 is 2.14 bits per heavy atom. The van der Waals surface area contributed by atoms with Crippen molar-refractivity contribution in [1.82, 2.24) is 15.6 Å². The molecule has 1 heterocycles. The van der Waals surface area contributed by atoms with E-state index in [1.54, 1.807) is 6.20 Å². The van der Waals surface area contributed by atoms with Crippen molar-refractivity contribution >= 4 is 23.3 Å². The van der Waals surface area contributed by atoms with Gasteiger partial charge in [0.05, 0.1) is 11.6 Å². The smallest absolute Gasteiger partial charge is 0.329 e. The number of carbonyl (C=O) groups is 2. The summed E-state index contributed by atoms with van der Waals surface area (Å²) in [6, 6.07) is -0.432. The molecule has 0 atom stereocenters. The van der Waals surface area contributed by atoms with Gasteiger partial charge in [0.25, 0.3) is 0 Å². The van der Waals surface area contributed by atoms with E-state index in [2.05, 4.69) is 22.5 Å². The molecule has 2 rings (SSSR count). The minimum Gasteiger partial charge on any atom is -0.480 e. The van der Waals surface area contributed by atoms with Crippen LogP contribution in [0, 0.1) is 12.8 Å². The number of thiazole rings is 1. The van der Waals surface area contributed by atoms with Crippen LogP contribution >= 0.6 is 11.3 Å². The SMILES string of the molecule is Cc1ncc(CNC(=O)NC2(C(=O)O)CCC(C)CC2)s1. The van der Waals surface area contributed by atoms with Crippen LogP contribution in [0.2, 0.25) is 0 Å². The van der Waals surface area contributed by atoms with Crippen molar-refractivity contribution in [1.29, 1.82) is 0 Å². The molecule has 0 bridgehead atoms. The monoisotopic (exact) mass is 311 g/mol. The first kappa shape index (κ1) is 15.8. The van der Waals surface area contributed by atoms with Gasteiger partial charge in [0.1, 0.15) is 5.54 Å². The summed E-state index contributed by atoms with van der Waals surface area (Å²) >= 11 is 1.51. The van der Waals surface area contributed by atoms with Crippen molar-refractivity contribution in [2.24, 2.45) is 5.92 Å². The molecule has 116 valence electrons. The molecular formula is C14H21N3O3S. The highest BCUT2D eigenvalue weighted by Crippen LogP contribution is 2.32. The lowest BCUT2D eigenvalue weighted by Gasteiger charge is -2.36. The summed E-state index contributed by atoms with van der Waals surface area (Å²) in [5.74, 6) is -0.430. The lowest BCUT2D eigenvalue weighted by Crippen LogP contribution is -2.58. The van der Waals surface area contributed by atoms with Gasteiger partial charge in [-0.2, -0.15) is 0 Å². The van der Waals surface area contributed by atoms with Crippen molar-refractivity contribution in [2.75, 3.05) is 0 Å². The topological polar surface area (TPSA) is 91.3 Å². The normalized spacial score (nSPS) is 25.3. The average Bonchev–Trinajstić information content (AvgIpc) is 2.85. The summed E-state index contributed by atoms with van der Waals surface area (Å²) in [6.45, 7) is 4.37. The molecule has 0 unspecified atom stereocenters. The molecule has 0 radical (unpaired) electrons. The number of hydrogen-bond donors (Lipinski definition) is 3. The first-order chi connectivity index (χ1) is 9.91. The van der Waals surface area contributed by atoms with Crippen molar-refractivity contribution < 1.29 is 14.7 Å².